The van der Waals surface area contributed by atoms with Crippen LogP contribution in [0.15, 0.2) is 0 Å². The molecule has 1 saturated carbocycles. The second-order valence-corrected chi connectivity index (χ2v) is 7.55. The van der Waals surface area contributed by atoms with Crippen LogP contribution in [0.3, 0.4) is 0 Å². The van der Waals surface area contributed by atoms with Gasteiger partial charge in [0.25, 0.3) is 0 Å². The van der Waals surface area contributed by atoms with Crippen molar-refractivity contribution < 1.29 is 4.74 Å². The van der Waals surface area contributed by atoms with Gasteiger partial charge in [-0.15, -0.1) is 0 Å². The van der Waals surface area contributed by atoms with Crippen molar-refractivity contribution >= 4 is 8.80 Å². The summed E-state index contributed by atoms with van der Waals surface area (Å²) in [4.78, 5) is 0. The van der Waals surface area contributed by atoms with Crippen molar-refractivity contribution in [2.24, 2.45) is 5.92 Å². The van der Waals surface area contributed by atoms with Gasteiger partial charge in [0.1, 0.15) is 0 Å². The van der Waals surface area contributed by atoms with Crippen LogP contribution in [-0.4, -0.2) is 21.0 Å². The molecule has 0 aromatic carbocycles. The summed E-state index contributed by atoms with van der Waals surface area (Å²) in [5, 5.41) is 0. The molecule has 1 saturated heterocycles. The monoisotopic (exact) mass is 183 g/mol. The average Bonchev–Trinajstić information content (AvgIpc) is 2.78. The maximum absolute atomic E-state index is 5.52. The van der Waals surface area contributed by atoms with E-state index in [1.54, 1.807) is 0 Å². The van der Waals surface area contributed by atoms with Gasteiger partial charge in [0.05, 0.1) is 12.2 Å². The largest absolute Gasteiger partial charge is 0.370 e. The number of rotatable bonds is 3. The normalized spacial score (nSPS) is 39.8. The molecule has 0 N–H and O–H groups in total. The van der Waals surface area contributed by atoms with Gasteiger partial charge >= 0.3 is 0 Å². The van der Waals surface area contributed by atoms with Gasteiger partial charge in [0, 0.05) is 0 Å². The molecule has 1 heterocycles. The molecule has 3 atom stereocenters. The van der Waals surface area contributed by atoms with E-state index in [1.165, 1.54) is 31.7 Å². The van der Waals surface area contributed by atoms with Gasteiger partial charge in [-0.3, -0.25) is 8.80 Å². The van der Waals surface area contributed by atoms with Gasteiger partial charge in [-0.25, -0.2) is 0 Å². The van der Waals surface area contributed by atoms with Crippen LogP contribution in [0.1, 0.15) is 25.7 Å². The van der Waals surface area contributed by atoms with E-state index in [0.29, 0.717) is 12.2 Å². The fourth-order valence-electron chi connectivity index (χ4n) is 2.24. The number of fused-ring (bicyclic) bond motifs is 1. The molecule has 0 spiro atoms. The van der Waals surface area contributed by atoms with Crippen molar-refractivity contribution in [2.75, 3.05) is 0 Å². The molecule has 70 valence electrons. The van der Waals surface area contributed by atoms with Gasteiger partial charge in [0.15, 0.2) is 0 Å². The Balaban J connectivity index is 1.67. The van der Waals surface area contributed by atoms with Crippen molar-refractivity contribution in [1.82, 2.24) is 0 Å². The lowest BCUT2D eigenvalue weighted by Gasteiger charge is -2.23. The summed E-state index contributed by atoms with van der Waals surface area (Å²) in [5.74, 6) is 1.01. The molecule has 2 aliphatic rings. The Morgan fingerprint density at radius 1 is 1.25 bits per heavy atom. The zero-order valence-corrected chi connectivity index (χ0v) is 9.18. The molecule has 0 radical (unpaired) electrons. The standard InChI is InChI=1S/C10H19OSi/c1-12(2)6-5-8-3-4-9-10(7-8)11-9/h8-10H,3-7H2,1-2H3/q-1. The van der Waals surface area contributed by atoms with Crippen molar-refractivity contribution in [3.63, 3.8) is 0 Å². The van der Waals surface area contributed by atoms with E-state index in [4.69, 9.17) is 4.74 Å². The SMILES string of the molecule is C[Si-](C)CCC1CCC2OC2C1. The highest BCUT2D eigenvalue weighted by molar-refractivity contribution is 6.55. The highest BCUT2D eigenvalue weighted by Gasteiger charge is 2.43. The third kappa shape index (κ3) is 2.11. The summed E-state index contributed by atoms with van der Waals surface area (Å²) in [7, 11) is 0.0221. The van der Waals surface area contributed by atoms with Crippen LogP contribution >= 0.6 is 0 Å². The van der Waals surface area contributed by atoms with E-state index in [0.717, 1.165) is 5.92 Å². The van der Waals surface area contributed by atoms with Crippen LogP contribution in [0.25, 0.3) is 0 Å². The van der Waals surface area contributed by atoms with Crippen molar-refractivity contribution in [1.29, 1.82) is 0 Å². The zero-order chi connectivity index (χ0) is 8.55. The van der Waals surface area contributed by atoms with E-state index < -0.39 is 0 Å². The van der Waals surface area contributed by atoms with E-state index in [2.05, 4.69) is 13.1 Å². The fourth-order valence-corrected chi connectivity index (χ4v) is 3.23. The minimum atomic E-state index is 0.0221. The van der Waals surface area contributed by atoms with E-state index >= 15 is 0 Å². The molecular formula is C10H19OSi-. The quantitative estimate of drug-likeness (QED) is 0.484. The zero-order valence-electron chi connectivity index (χ0n) is 8.18. The first-order valence-electron chi connectivity index (χ1n) is 5.20. The van der Waals surface area contributed by atoms with Gasteiger partial charge in [-0.05, 0) is 25.2 Å². The number of epoxide rings is 1. The van der Waals surface area contributed by atoms with Crippen LogP contribution < -0.4 is 0 Å². The van der Waals surface area contributed by atoms with Crippen LogP contribution in [0.5, 0.6) is 0 Å². The number of hydrogen-bond acceptors (Lipinski definition) is 1. The maximum atomic E-state index is 5.52. The molecule has 1 aliphatic heterocycles. The lowest BCUT2D eigenvalue weighted by Crippen LogP contribution is -2.14. The highest BCUT2D eigenvalue weighted by atomic mass is 28.3. The maximum Gasteiger partial charge on any atom is 0.0844 e. The lowest BCUT2D eigenvalue weighted by molar-refractivity contribution is 0.357. The fraction of sp³-hybridized carbons (Fsp3) is 1.00. The molecule has 0 amide bonds. The molecule has 1 nitrogen and oxygen atoms in total. The van der Waals surface area contributed by atoms with Crippen LogP contribution in [0.4, 0.5) is 0 Å². The van der Waals surface area contributed by atoms with Gasteiger partial charge < -0.3 is 4.74 Å². The first kappa shape index (κ1) is 8.76. The summed E-state index contributed by atoms with van der Waals surface area (Å²) in [5.41, 5.74) is 0. The summed E-state index contributed by atoms with van der Waals surface area (Å²) in [6, 6.07) is 1.51. The Labute approximate surface area is 77.1 Å². The molecule has 3 unspecified atom stereocenters. The smallest absolute Gasteiger partial charge is 0.0844 e. The predicted molar refractivity (Wildman–Crippen MR) is 52.9 cm³/mol. The second kappa shape index (κ2) is 3.50. The van der Waals surface area contributed by atoms with Gasteiger partial charge in [0.2, 0.25) is 0 Å². The summed E-state index contributed by atoms with van der Waals surface area (Å²) < 4.78 is 5.52. The van der Waals surface area contributed by atoms with Gasteiger partial charge in [-0.1, -0.05) is 6.42 Å². The molecule has 12 heavy (non-hydrogen) atoms. The molecule has 0 aromatic rings. The third-order valence-corrected chi connectivity index (χ3v) is 4.45. The third-order valence-electron chi connectivity index (χ3n) is 3.17. The van der Waals surface area contributed by atoms with Crippen LogP contribution in [0, 0.1) is 5.92 Å². The molecular weight excluding hydrogens is 164 g/mol. The average molecular weight is 183 g/mol. The van der Waals surface area contributed by atoms with Crippen molar-refractivity contribution in [3.8, 4) is 0 Å². The first-order chi connectivity index (χ1) is 5.75. The minimum absolute atomic E-state index is 0.0221. The van der Waals surface area contributed by atoms with E-state index in [-0.39, 0.29) is 8.80 Å². The topological polar surface area (TPSA) is 12.5 Å². The van der Waals surface area contributed by atoms with Gasteiger partial charge in [-0.2, -0.15) is 19.1 Å². The highest BCUT2D eigenvalue weighted by Crippen LogP contribution is 2.41. The minimum Gasteiger partial charge on any atom is -0.370 e. The summed E-state index contributed by atoms with van der Waals surface area (Å²) in [6.45, 7) is 4.84. The van der Waals surface area contributed by atoms with Crippen LogP contribution in [-0.2, 0) is 4.74 Å². The molecule has 0 bridgehead atoms. The Bertz CT molecular complexity index is 158. The predicted octanol–water partition coefficient (Wildman–Crippen LogP) is 2.70. The Kier molecular flexibility index (Phi) is 2.56. The van der Waals surface area contributed by atoms with E-state index in [9.17, 15) is 0 Å². The second-order valence-electron chi connectivity index (χ2n) is 4.64. The summed E-state index contributed by atoms with van der Waals surface area (Å²) >= 11 is 0. The van der Waals surface area contributed by atoms with Crippen molar-refractivity contribution in [2.45, 2.75) is 57.0 Å². The molecule has 2 heteroatoms. The number of ether oxygens (including phenoxy) is 1. The van der Waals surface area contributed by atoms with Crippen LogP contribution in [0.2, 0.25) is 19.1 Å². The summed E-state index contributed by atoms with van der Waals surface area (Å²) in [6.07, 6.45) is 7.02. The van der Waals surface area contributed by atoms with Crippen molar-refractivity contribution in [3.05, 3.63) is 0 Å². The molecule has 2 rings (SSSR count). The first-order valence-corrected chi connectivity index (χ1v) is 7.91. The van der Waals surface area contributed by atoms with E-state index in [1.807, 2.05) is 0 Å². The Morgan fingerprint density at radius 2 is 2.08 bits per heavy atom. The molecule has 0 aromatic heterocycles. The Morgan fingerprint density at radius 3 is 2.75 bits per heavy atom. The Hall–Kier alpha value is 0.177. The molecule has 1 aliphatic carbocycles. The molecule has 2 fully saturated rings. The lowest BCUT2D eigenvalue weighted by atomic mass is 9.88. The number of hydrogen-bond donors (Lipinski definition) is 0.